The van der Waals surface area contributed by atoms with E-state index in [0.29, 0.717) is 37.8 Å². The van der Waals surface area contributed by atoms with Crippen LogP contribution in [0.15, 0.2) is 58.5 Å². The van der Waals surface area contributed by atoms with Gasteiger partial charge in [-0.1, -0.05) is 0 Å². The maximum Gasteiger partial charge on any atom is 0.227 e. The number of amidine groups is 2. The van der Waals surface area contributed by atoms with Gasteiger partial charge in [-0.25, -0.2) is 0 Å². The van der Waals surface area contributed by atoms with Gasteiger partial charge in [-0.05, 0) is 88.1 Å². The van der Waals surface area contributed by atoms with Crippen LogP contribution >= 0.6 is 12.4 Å². The summed E-state index contributed by atoms with van der Waals surface area (Å²) in [7, 11) is 0. The lowest BCUT2D eigenvalue weighted by atomic mass is 9.81. The van der Waals surface area contributed by atoms with Crippen LogP contribution in [0.2, 0.25) is 0 Å². The molecule has 2 unspecified atom stereocenters. The van der Waals surface area contributed by atoms with Crippen LogP contribution < -0.4 is 21.3 Å². The number of rotatable bonds is 6. The van der Waals surface area contributed by atoms with Gasteiger partial charge in [0.1, 0.15) is 11.7 Å². The number of hydrogen-bond donors (Lipinski definition) is 4. The zero-order valence-corrected chi connectivity index (χ0v) is 22.1. The summed E-state index contributed by atoms with van der Waals surface area (Å²) in [4.78, 5) is 34.6. The molecule has 196 valence electrons. The molecule has 1 aliphatic carbocycles. The quantitative estimate of drug-likeness (QED) is 0.460. The molecule has 5 rings (SSSR count). The number of hydrogen-bond acceptors (Lipinski definition) is 6. The van der Waals surface area contributed by atoms with Gasteiger partial charge in [0.15, 0.2) is 0 Å². The van der Waals surface area contributed by atoms with E-state index in [4.69, 9.17) is 0 Å². The molecule has 0 aromatic heterocycles. The van der Waals surface area contributed by atoms with Crippen LogP contribution in [-0.2, 0) is 9.59 Å². The zero-order valence-electron chi connectivity index (χ0n) is 21.3. The fourth-order valence-electron chi connectivity index (χ4n) is 4.98. The molecule has 1 fully saturated rings. The molecule has 9 heteroatoms. The molecule has 8 nitrogen and oxygen atoms in total. The van der Waals surface area contributed by atoms with Gasteiger partial charge in [-0.2, -0.15) is 0 Å². The average Bonchev–Trinajstić information content (AvgIpc) is 3.53. The molecule has 2 atom stereocenters. The molecule has 0 spiro atoms. The Morgan fingerprint density at radius 2 is 1.03 bits per heavy atom. The van der Waals surface area contributed by atoms with Crippen LogP contribution in [-0.4, -0.2) is 48.7 Å². The van der Waals surface area contributed by atoms with Crippen molar-refractivity contribution in [2.45, 2.75) is 51.6 Å². The lowest BCUT2D eigenvalue weighted by Crippen LogP contribution is -2.32. The van der Waals surface area contributed by atoms with E-state index in [1.54, 1.807) is 0 Å². The van der Waals surface area contributed by atoms with Crippen molar-refractivity contribution in [1.82, 2.24) is 10.6 Å². The predicted octanol–water partition coefficient (Wildman–Crippen LogP) is 3.97. The SMILES string of the molecule is CC1CN=C(c2ccc(NC(=O)C3CCC(C(=O)Nc4ccc(C5=NCC(C)N5)cc4)CC3)cc2)N1.Cl. The number of anilines is 2. The van der Waals surface area contributed by atoms with Crippen molar-refractivity contribution in [1.29, 1.82) is 0 Å². The fourth-order valence-corrected chi connectivity index (χ4v) is 4.98. The summed E-state index contributed by atoms with van der Waals surface area (Å²) >= 11 is 0. The summed E-state index contributed by atoms with van der Waals surface area (Å²) in [6, 6.07) is 16.3. The van der Waals surface area contributed by atoms with E-state index in [9.17, 15) is 9.59 Å². The van der Waals surface area contributed by atoms with Crippen LogP contribution in [0.3, 0.4) is 0 Å². The van der Waals surface area contributed by atoms with Crippen LogP contribution in [0.4, 0.5) is 11.4 Å². The molecule has 2 aliphatic heterocycles. The molecule has 1 saturated carbocycles. The minimum absolute atomic E-state index is 0. The van der Waals surface area contributed by atoms with E-state index in [-0.39, 0.29) is 36.1 Å². The van der Waals surface area contributed by atoms with Crippen molar-refractivity contribution in [2.24, 2.45) is 21.8 Å². The Hall–Kier alpha value is -3.39. The minimum Gasteiger partial charge on any atom is -0.366 e. The van der Waals surface area contributed by atoms with Crippen molar-refractivity contribution in [2.75, 3.05) is 23.7 Å². The van der Waals surface area contributed by atoms with Gasteiger partial charge in [0.25, 0.3) is 0 Å². The lowest BCUT2D eigenvalue weighted by Gasteiger charge is -2.27. The number of carbonyl (C=O) groups is 2. The second kappa shape index (κ2) is 11.8. The molecule has 2 heterocycles. The van der Waals surface area contributed by atoms with Crippen molar-refractivity contribution < 1.29 is 9.59 Å². The van der Waals surface area contributed by atoms with E-state index < -0.39 is 0 Å². The van der Waals surface area contributed by atoms with Gasteiger partial charge < -0.3 is 21.3 Å². The van der Waals surface area contributed by atoms with Crippen LogP contribution in [0.1, 0.15) is 50.7 Å². The Labute approximate surface area is 224 Å². The summed E-state index contributed by atoms with van der Waals surface area (Å²) in [5.41, 5.74) is 3.62. The highest BCUT2D eigenvalue weighted by atomic mass is 35.5. The third kappa shape index (κ3) is 6.49. The Balaban J connectivity index is 0.00000320. The van der Waals surface area contributed by atoms with E-state index in [1.165, 1.54) is 0 Å². The molecule has 37 heavy (non-hydrogen) atoms. The molecule has 4 N–H and O–H groups in total. The highest BCUT2D eigenvalue weighted by molar-refractivity contribution is 6.01. The molecule has 0 saturated heterocycles. The largest absolute Gasteiger partial charge is 0.366 e. The van der Waals surface area contributed by atoms with E-state index in [2.05, 4.69) is 45.1 Å². The van der Waals surface area contributed by atoms with Crippen molar-refractivity contribution in [3.05, 3.63) is 59.7 Å². The Morgan fingerprint density at radius 1 is 0.676 bits per heavy atom. The normalized spacial score (nSPS) is 24.6. The zero-order chi connectivity index (χ0) is 25.1. The van der Waals surface area contributed by atoms with Gasteiger partial charge in [0, 0.05) is 46.4 Å². The molecule has 3 aliphatic rings. The minimum atomic E-state index is -0.0724. The van der Waals surface area contributed by atoms with Crippen LogP contribution in [0, 0.1) is 11.8 Å². The number of carbonyl (C=O) groups excluding carboxylic acids is 2. The van der Waals surface area contributed by atoms with Crippen LogP contribution in [0.5, 0.6) is 0 Å². The number of amides is 2. The first-order chi connectivity index (χ1) is 17.4. The second-order valence-electron chi connectivity index (χ2n) is 10.2. The number of nitrogens with one attached hydrogen (secondary N) is 4. The van der Waals surface area contributed by atoms with E-state index in [1.807, 2.05) is 48.5 Å². The summed E-state index contributed by atoms with van der Waals surface area (Å²) in [5, 5.41) is 12.8. The van der Waals surface area contributed by atoms with E-state index >= 15 is 0 Å². The fraction of sp³-hybridized carbons (Fsp3) is 0.429. The van der Waals surface area contributed by atoms with E-state index in [0.717, 1.165) is 47.3 Å². The number of halogens is 1. The maximum absolute atomic E-state index is 12.8. The number of benzene rings is 2. The van der Waals surface area contributed by atoms with Crippen molar-refractivity contribution in [3.63, 3.8) is 0 Å². The van der Waals surface area contributed by atoms with Gasteiger partial charge in [-0.15, -0.1) is 12.4 Å². The molecular weight excluding hydrogens is 488 g/mol. The van der Waals surface area contributed by atoms with Gasteiger partial charge in [0.05, 0.1) is 13.1 Å². The highest BCUT2D eigenvalue weighted by Crippen LogP contribution is 2.31. The third-order valence-corrected chi connectivity index (χ3v) is 7.13. The monoisotopic (exact) mass is 522 g/mol. The summed E-state index contributed by atoms with van der Waals surface area (Å²) < 4.78 is 0. The summed E-state index contributed by atoms with van der Waals surface area (Å²) in [6.07, 6.45) is 2.85. The first-order valence-electron chi connectivity index (χ1n) is 12.9. The van der Waals surface area contributed by atoms with Gasteiger partial charge in [0.2, 0.25) is 11.8 Å². The molecule has 2 aromatic rings. The highest BCUT2D eigenvalue weighted by Gasteiger charge is 2.30. The summed E-state index contributed by atoms with van der Waals surface area (Å²) in [5.74, 6) is 1.72. The second-order valence-corrected chi connectivity index (χ2v) is 10.2. The number of aliphatic imine (C=N–C) groups is 2. The molecule has 2 amide bonds. The molecule has 0 radical (unpaired) electrons. The van der Waals surface area contributed by atoms with Gasteiger partial charge in [-0.3, -0.25) is 19.6 Å². The summed E-state index contributed by atoms with van der Waals surface area (Å²) in [6.45, 7) is 5.78. The van der Waals surface area contributed by atoms with Crippen LogP contribution in [0.25, 0.3) is 0 Å². The lowest BCUT2D eigenvalue weighted by molar-refractivity contribution is -0.125. The smallest absolute Gasteiger partial charge is 0.227 e. The Morgan fingerprint density at radius 3 is 1.32 bits per heavy atom. The Kier molecular flexibility index (Phi) is 8.48. The first-order valence-corrected chi connectivity index (χ1v) is 12.9. The maximum atomic E-state index is 12.8. The predicted molar refractivity (Wildman–Crippen MR) is 151 cm³/mol. The molecule has 2 aromatic carbocycles. The topological polar surface area (TPSA) is 107 Å². The third-order valence-electron chi connectivity index (χ3n) is 7.13. The standard InChI is InChI=1S/C28H34N6O2.ClH/c1-17-15-29-25(31-17)19-7-11-23(12-8-19)33-27(35)21-3-5-22(6-4-21)28(36)34-24-13-9-20(10-14-24)26-30-16-18(2)32-26;/h7-14,17-18,21-22H,3-6,15-16H2,1-2H3,(H,29,31)(H,30,32)(H,33,35)(H,34,36);1H. The molecular formula is C28H35ClN6O2. The molecule has 0 bridgehead atoms. The number of nitrogens with zero attached hydrogens (tertiary/aromatic N) is 2. The Bertz CT molecular complexity index is 1080. The average molecular weight is 523 g/mol. The van der Waals surface area contributed by atoms with Crippen molar-refractivity contribution >= 4 is 47.3 Å². The van der Waals surface area contributed by atoms with Crippen molar-refractivity contribution in [3.8, 4) is 0 Å². The van der Waals surface area contributed by atoms with Gasteiger partial charge >= 0.3 is 0 Å². The first kappa shape index (κ1) is 26.7.